The molecule has 1 saturated heterocycles. The summed E-state index contributed by atoms with van der Waals surface area (Å²) in [6.07, 6.45) is 2.18. The average molecular weight is 262 g/mol. The smallest absolute Gasteiger partial charge is 0.174 e. The van der Waals surface area contributed by atoms with E-state index in [0.717, 1.165) is 12.8 Å². The Balaban J connectivity index is 2.39. The molecule has 2 heterocycles. The van der Waals surface area contributed by atoms with E-state index in [2.05, 4.69) is 10.2 Å². The maximum Gasteiger partial charge on any atom is 0.174 e. The largest absolute Gasteiger partial charge is 0.396 e. The molecule has 2 rings (SSSR count). The van der Waals surface area contributed by atoms with E-state index in [4.69, 9.17) is 17.3 Å². The van der Waals surface area contributed by atoms with Gasteiger partial charge in [-0.05, 0) is 18.9 Å². The van der Waals surface area contributed by atoms with Crippen molar-refractivity contribution in [2.24, 2.45) is 0 Å². The van der Waals surface area contributed by atoms with Crippen LogP contribution in [-0.4, -0.2) is 24.4 Å². The third kappa shape index (κ3) is 2.12. The highest BCUT2D eigenvalue weighted by atomic mass is 35.5. The molecule has 2 N–H and O–H groups in total. The molecule has 1 aliphatic heterocycles. The SMILES string of the molecule is Nc1cc(C2CCCCS2(=O)=O)nnc1Cl. The Labute approximate surface area is 98.9 Å². The highest BCUT2D eigenvalue weighted by Gasteiger charge is 2.31. The molecule has 0 amide bonds. The molecule has 1 aromatic heterocycles. The van der Waals surface area contributed by atoms with Crippen molar-refractivity contribution < 1.29 is 8.42 Å². The minimum atomic E-state index is -3.11. The third-order valence-electron chi connectivity index (χ3n) is 2.70. The van der Waals surface area contributed by atoms with E-state index in [0.29, 0.717) is 12.1 Å². The minimum Gasteiger partial charge on any atom is -0.396 e. The quantitative estimate of drug-likeness (QED) is 0.825. The Morgan fingerprint density at radius 1 is 1.38 bits per heavy atom. The first-order valence-electron chi connectivity index (χ1n) is 5.01. The summed E-state index contributed by atoms with van der Waals surface area (Å²) in [5.74, 6) is 0.210. The number of hydrogen-bond acceptors (Lipinski definition) is 5. The highest BCUT2D eigenvalue weighted by molar-refractivity contribution is 7.91. The van der Waals surface area contributed by atoms with E-state index < -0.39 is 15.1 Å². The molecular formula is C9H12ClN3O2S. The van der Waals surface area contributed by atoms with E-state index in [1.54, 1.807) is 0 Å². The van der Waals surface area contributed by atoms with Crippen molar-refractivity contribution in [1.82, 2.24) is 10.2 Å². The van der Waals surface area contributed by atoms with Crippen molar-refractivity contribution >= 4 is 27.1 Å². The van der Waals surface area contributed by atoms with Crippen LogP contribution in [0.3, 0.4) is 0 Å². The number of rotatable bonds is 1. The Morgan fingerprint density at radius 3 is 2.75 bits per heavy atom. The summed E-state index contributed by atoms with van der Waals surface area (Å²) in [4.78, 5) is 0. The van der Waals surface area contributed by atoms with Gasteiger partial charge in [0.2, 0.25) is 0 Å². The lowest BCUT2D eigenvalue weighted by Crippen LogP contribution is -2.22. The van der Waals surface area contributed by atoms with Gasteiger partial charge in [-0.25, -0.2) is 8.42 Å². The lowest BCUT2D eigenvalue weighted by Gasteiger charge is -2.21. The van der Waals surface area contributed by atoms with Gasteiger partial charge in [-0.2, -0.15) is 5.10 Å². The number of halogens is 1. The van der Waals surface area contributed by atoms with Gasteiger partial charge in [0.15, 0.2) is 15.0 Å². The first-order valence-corrected chi connectivity index (χ1v) is 7.10. The second-order valence-corrected chi connectivity index (χ2v) is 6.53. The molecule has 0 aliphatic carbocycles. The lowest BCUT2D eigenvalue weighted by atomic mass is 10.1. The molecule has 7 heteroatoms. The predicted octanol–water partition coefficient (Wildman–Crippen LogP) is 1.35. The Kier molecular flexibility index (Phi) is 3.03. The van der Waals surface area contributed by atoms with Gasteiger partial charge in [-0.1, -0.05) is 18.0 Å². The van der Waals surface area contributed by atoms with Crippen LogP contribution in [0.1, 0.15) is 30.2 Å². The molecule has 0 spiro atoms. The molecular weight excluding hydrogens is 250 g/mol. The van der Waals surface area contributed by atoms with Gasteiger partial charge in [-0.3, -0.25) is 0 Å². The fourth-order valence-corrected chi connectivity index (χ4v) is 3.84. The van der Waals surface area contributed by atoms with Gasteiger partial charge in [0.25, 0.3) is 0 Å². The normalized spacial score (nSPS) is 24.2. The molecule has 0 radical (unpaired) electrons. The Morgan fingerprint density at radius 2 is 2.12 bits per heavy atom. The van der Waals surface area contributed by atoms with Crippen molar-refractivity contribution in [3.8, 4) is 0 Å². The molecule has 16 heavy (non-hydrogen) atoms. The second-order valence-electron chi connectivity index (χ2n) is 3.87. The fraction of sp³-hybridized carbons (Fsp3) is 0.556. The van der Waals surface area contributed by atoms with E-state index >= 15 is 0 Å². The second kappa shape index (κ2) is 4.18. The summed E-state index contributed by atoms with van der Waals surface area (Å²) in [7, 11) is -3.11. The summed E-state index contributed by atoms with van der Waals surface area (Å²) in [6, 6.07) is 1.50. The number of hydrogen-bond donors (Lipinski definition) is 1. The van der Waals surface area contributed by atoms with E-state index in [1.165, 1.54) is 6.07 Å². The monoisotopic (exact) mass is 261 g/mol. The molecule has 0 aromatic carbocycles. The van der Waals surface area contributed by atoms with Gasteiger partial charge >= 0.3 is 0 Å². The zero-order valence-electron chi connectivity index (χ0n) is 8.56. The third-order valence-corrected chi connectivity index (χ3v) is 5.20. The first-order chi connectivity index (χ1) is 7.50. The van der Waals surface area contributed by atoms with Crippen molar-refractivity contribution in [1.29, 1.82) is 0 Å². The molecule has 0 bridgehead atoms. The number of nitrogens with two attached hydrogens (primary N) is 1. The van der Waals surface area contributed by atoms with Crippen LogP contribution in [0.2, 0.25) is 5.15 Å². The van der Waals surface area contributed by atoms with Crippen molar-refractivity contribution in [2.45, 2.75) is 24.5 Å². The molecule has 1 unspecified atom stereocenters. The van der Waals surface area contributed by atoms with Gasteiger partial charge in [0, 0.05) is 0 Å². The summed E-state index contributed by atoms with van der Waals surface area (Å²) in [5, 5.41) is 7.00. The van der Waals surface area contributed by atoms with Crippen LogP contribution in [0.4, 0.5) is 5.69 Å². The van der Waals surface area contributed by atoms with E-state index in [-0.39, 0.29) is 16.6 Å². The van der Waals surface area contributed by atoms with Crippen molar-refractivity contribution in [3.05, 3.63) is 16.9 Å². The molecule has 88 valence electrons. The topological polar surface area (TPSA) is 85.9 Å². The standard InChI is InChI=1S/C9H12ClN3O2S/c10-9-6(11)5-7(12-13-9)8-3-1-2-4-16(8,14)15/h5,8H,1-4H2,(H2,11,12). The average Bonchev–Trinajstić information content (AvgIpc) is 2.22. The zero-order chi connectivity index (χ0) is 11.8. The Hall–Kier alpha value is -0.880. The van der Waals surface area contributed by atoms with E-state index in [9.17, 15) is 8.42 Å². The number of aromatic nitrogens is 2. The van der Waals surface area contributed by atoms with Gasteiger partial charge in [-0.15, -0.1) is 5.10 Å². The zero-order valence-corrected chi connectivity index (χ0v) is 10.1. The minimum absolute atomic E-state index is 0.108. The summed E-state index contributed by atoms with van der Waals surface area (Å²) >= 11 is 5.64. The van der Waals surface area contributed by atoms with Crippen LogP contribution in [0, 0.1) is 0 Å². The maximum absolute atomic E-state index is 11.8. The molecule has 5 nitrogen and oxygen atoms in total. The highest BCUT2D eigenvalue weighted by Crippen LogP contribution is 2.33. The summed E-state index contributed by atoms with van der Waals surface area (Å²) in [6.45, 7) is 0. The van der Waals surface area contributed by atoms with Gasteiger partial charge in [0.05, 0.1) is 17.1 Å². The first kappa shape index (κ1) is 11.6. The number of sulfone groups is 1. The van der Waals surface area contributed by atoms with Crippen LogP contribution < -0.4 is 5.73 Å². The van der Waals surface area contributed by atoms with Gasteiger partial charge in [0.1, 0.15) is 5.25 Å². The summed E-state index contributed by atoms with van der Waals surface area (Å²) in [5.41, 5.74) is 6.26. The molecule has 1 aliphatic rings. The van der Waals surface area contributed by atoms with Crippen LogP contribution >= 0.6 is 11.6 Å². The predicted molar refractivity (Wildman–Crippen MR) is 61.8 cm³/mol. The van der Waals surface area contributed by atoms with Crippen molar-refractivity contribution in [3.63, 3.8) is 0 Å². The van der Waals surface area contributed by atoms with Crippen LogP contribution in [-0.2, 0) is 9.84 Å². The number of nitrogen functional groups attached to an aromatic ring is 1. The van der Waals surface area contributed by atoms with E-state index in [1.807, 2.05) is 0 Å². The number of nitrogens with zero attached hydrogens (tertiary/aromatic N) is 2. The number of anilines is 1. The summed E-state index contributed by atoms with van der Waals surface area (Å²) < 4.78 is 23.7. The van der Waals surface area contributed by atoms with Crippen LogP contribution in [0.15, 0.2) is 6.07 Å². The molecule has 0 saturated carbocycles. The lowest BCUT2D eigenvalue weighted by molar-refractivity contribution is 0.541. The van der Waals surface area contributed by atoms with Crippen molar-refractivity contribution in [2.75, 3.05) is 11.5 Å². The Bertz CT molecular complexity index is 503. The maximum atomic E-state index is 11.8. The molecule has 1 aromatic rings. The fourth-order valence-electron chi connectivity index (χ4n) is 1.85. The molecule has 1 atom stereocenters. The van der Waals surface area contributed by atoms with Crippen LogP contribution in [0.5, 0.6) is 0 Å². The molecule has 1 fully saturated rings. The van der Waals surface area contributed by atoms with Crippen LogP contribution in [0.25, 0.3) is 0 Å². The van der Waals surface area contributed by atoms with Gasteiger partial charge < -0.3 is 5.73 Å².